The summed E-state index contributed by atoms with van der Waals surface area (Å²) < 4.78 is 0. The maximum absolute atomic E-state index is 8.63. The summed E-state index contributed by atoms with van der Waals surface area (Å²) in [4.78, 5) is 0. The molecule has 52 valence electrons. The van der Waals surface area contributed by atoms with Crippen LogP contribution in [0, 0.1) is 0 Å². The van der Waals surface area contributed by atoms with Gasteiger partial charge in [0.2, 0.25) is 0 Å². The second-order valence-electron chi connectivity index (χ2n) is 1.34. The Bertz CT molecular complexity index is 141. The quantitative estimate of drug-likeness (QED) is 0.514. The van der Waals surface area contributed by atoms with E-state index in [4.69, 9.17) is 5.11 Å². The first-order chi connectivity index (χ1) is 3.39. The van der Waals surface area contributed by atoms with Gasteiger partial charge in [-0.2, -0.15) is 0 Å². The predicted molar refractivity (Wildman–Crippen MR) is 35.4 cm³/mol. The van der Waals surface area contributed by atoms with Crippen LogP contribution >= 0.6 is 12.4 Å². The molecule has 0 bridgehead atoms. The summed E-state index contributed by atoms with van der Waals surface area (Å²) in [6.45, 7) is 0. The van der Waals surface area contributed by atoms with E-state index < -0.39 is 0 Å². The van der Waals surface area contributed by atoms with Crippen LogP contribution in [0.25, 0.3) is 0 Å². The molecule has 0 amide bonds. The minimum atomic E-state index is 0. The Kier molecular flexibility index (Phi) is 7.26. The molecule has 9 heavy (non-hydrogen) atoms. The van der Waals surface area contributed by atoms with Crippen molar-refractivity contribution in [1.82, 2.24) is 0 Å². The minimum absolute atomic E-state index is 0. The summed E-state index contributed by atoms with van der Waals surface area (Å²) in [6.07, 6.45) is 0. The van der Waals surface area contributed by atoms with Gasteiger partial charge in [-0.3, -0.25) is 0 Å². The molecule has 1 nitrogen and oxygen atoms in total. The van der Waals surface area contributed by atoms with Crippen molar-refractivity contribution in [2.24, 2.45) is 0 Å². The molecule has 0 radical (unpaired) electrons. The number of hydrogen-bond donors (Lipinski definition) is 1. The second kappa shape index (κ2) is 5.73. The highest BCUT2D eigenvalue weighted by Crippen LogP contribution is 2.02. The molecule has 0 aliphatic rings. The number of phenols is 1. The van der Waals surface area contributed by atoms with Gasteiger partial charge in [-0.05, 0) is 12.1 Å². The molecule has 0 aliphatic carbocycles. The number of rotatable bonds is 0. The summed E-state index contributed by atoms with van der Waals surface area (Å²) in [5, 5.41) is 8.63. The van der Waals surface area contributed by atoms with Crippen molar-refractivity contribution in [3.05, 3.63) is 30.3 Å². The standard InChI is InChI=1S/C6H6O.2ClH/c7-6-4-2-1-3-5-6;;/h1-5,7H;2*1H/p-1. The summed E-state index contributed by atoms with van der Waals surface area (Å²) in [6, 6.07) is 8.71. The maximum Gasteiger partial charge on any atom is 0.115 e. The van der Waals surface area contributed by atoms with Crippen LogP contribution in [0.5, 0.6) is 5.75 Å². The van der Waals surface area contributed by atoms with Crippen molar-refractivity contribution in [1.29, 1.82) is 0 Å². The van der Waals surface area contributed by atoms with Gasteiger partial charge in [-0.25, -0.2) is 0 Å². The number of halogens is 2. The predicted octanol–water partition coefficient (Wildman–Crippen LogP) is -1.18. The van der Waals surface area contributed by atoms with Crippen LogP contribution in [0.4, 0.5) is 0 Å². The van der Waals surface area contributed by atoms with E-state index in [1.165, 1.54) is 0 Å². The molecule has 3 heteroatoms. The number of aromatic hydroxyl groups is 1. The topological polar surface area (TPSA) is 20.2 Å². The van der Waals surface area contributed by atoms with E-state index in [0.29, 0.717) is 5.75 Å². The third-order valence-corrected chi connectivity index (χ3v) is 0.756. The van der Waals surface area contributed by atoms with Gasteiger partial charge in [0.15, 0.2) is 0 Å². The monoisotopic (exact) mass is 165 g/mol. The molecule has 0 heterocycles. The summed E-state index contributed by atoms with van der Waals surface area (Å²) in [5.41, 5.74) is 0. The molecule has 0 unspecified atom stereocenters. The van der Waals surface area contributed by atoms with Gasteiger partial charge in [-0.1, -0.05) is 18.2 Å². The van der Waals surface area contributed by atoms with Crippen LogP contribution in [0.1, 0.15) is 0 Å². The van der Waals surface area contributed by atoms with Crippen LogP contribution < -0.4 is 12.4 Å². The molecular formula is C6H7Cl2O-. The molecule has 0 aromatic heterocycles. The van der Waals surface area contributed by atoms with Crippen LogP contribution in [0.2, 0.25) is 0 Å². The number of phenolic OH excluding ortho intramolecular Hbond substituents is 1. The lowest BCUT2D eigenvalue weighted by Crippen LogP contribution is -3.00. The van der Waals surface area contributed by atoms with E-state index in [1.807, 2.05) is 6.07 Å². The van der Waals surface area contributed by atoms with Gasteiger partial charge < -0.3 is 17.5 Å². The average Bonchev–Trinajstić information content (AvgIpc) is 1.69. The fourth-order valence-electron chi connectivity index (χ4n) is 0.428. The Labute approximate surface area is 66.5 Å². The van der Waals surface area contributed by atoms with E-state index in [9.17, 15) is 0 Å². The van der Waals surface area contributed by atoms with Crippen molar-refractivity contribution in [2.45, 2.75) is 0 Å². The average molecular weight is 166 g/mol. The molecule has 0 atom stereocenters. The Balaban J connectivity index is 0. The summed E-state index contributed by atoms with van der Waals surface area (Å²) in [5.74, 6) is 0.322. The van der Waals surface area contributed by atoms with Crippen molar-refractivity contribution in [3.63, 3.8) is 0 Å². The van der Waals surface area contributed by atoms with Gasteiger partial charge in [0.05, 0.1) is 0 Å². The first-order valence-electron chi connectivity index (χ1n) is 2.13. The maximum atomic E-state index is 8.63. The zero-order chi connectivity index (χ0) is 5.11. The number of para-hydroxylation sites is 1. The van der Waals surface area contributed by atoms with Gasteiger partial charge in [0.25, 0.3) is 0 Å². The van der Waals surface area contributed by atoms with Gasteiger partial charge >= 0.3 is 0 Å². The van der Waals surface area contributed by atoms with E-state index >= 15 is 0 Å². The Morgan fingerprint density at radius 1 is 1.00 bits per heavy atom. The zero-order valence-corrected chi connectivity index (χ0v) is 6.19. The van der Waals surface area contributed by atoms with Crippen LogP contribution in [-0.4, -0.2) is 5.11 Å². The highest BCUT2D eigenvalue weighted by Gasteiger charge is 1.74. The highest BCUT2D eigenvalue weighted by atomic mass is 35.5. The van der Waals surface area contributed by atoms with E-state index in [0.717, 1.165) is 0 Å². The SMILES string of the molecule is Cl.Oc1ccccc1.[Cl-]. The van der Waals surface area contributed by atoms with E-state index in [-0.39, 0.29) is 24.8 Å². The molecule has 0 spiro atoms. The summed E-state index contributed by atoms with van der Waals surface area (Å²) >= 11 is 0. The Hall–Kier alpha value is -0.400. The lowest BCUT2D eigenvalue weighted by Gasteiger charge is -1.82. The molecule has 1 aromatic carbocycles. The molecular weight excluding hydrogens is 159 g/mol. The van der Waals surface area contributed by atoms with Gasteiger partial charge in [0.1, 0.15) is 5.75 Å². The van der Waals surface area contributed by atoms with Crippen LogP contribution in [0.3, 0.4) is 0 Å². The molecule has 0 saturated carbocycles. The van der Waals surface area contributed by atoms with Crippen molar-refractivity contribution < 1.29 is 17.5 Å². The fourth-order valence-corrected chi connectivity index (χ4v) is 0.428. The molecule has 0 aliphatic heterocycles. The highest BCUT2D eigenvalue weighted by molar-refractivity contribution is 5.85. The van der Waals surface area contributed by atoms with E-state index in [1.54, 1.807) is 24.3 Å². The molecule has 0 fully saturated rings. The number of hydrogen-bond acceptors (Lipinski definition) is 1. The first-order valence-corrected chi connectivity index (χ1v) is 2.13. The van der Waals surface area contributed by atoms with Crippen molar-refractivity contribution in [2.75, 3.05) is 0 Å². The molecule has 1 rings (SSSR count). The lowest BCUT2D eigenvalue weighted by molar-refractivity contribution is -0.00000264. The van der Waals surface area contributed by atoms with Crippen LogP contribution in [0.15, 0.2) is 30.3 Å². The smallest absolute Gasteiger partial charge is 0.115 e. The zero-order valence-electron chi connectivity index (χ0n) is 4.62. The molecule has 0 saturated heterocycles. The second-order valence-corrected chi connectivity index (χ2v) is 1.34. The van der Waals surface area contributed by atoms with Gasteiger partial charge in [0, 0.05) is 0 Å². The van der Waals surface area contributed by atoms with E-state index in [2.05, 4.69) is 0 Å². The Morgan fingerprint density at radius 3 is 1.67 bits per heavy atom. The minimum Gasteiger partial charge on any atom is -1.00 e. The van der Waals surface area contributed by atoms with Crippen molar-refractivity contribution >= 4 is 12.4 Å². The largest absolute Gasteiger partial charge is 1.00 e. The Morgan fingerprint density at radius 2 is 1.44 bits per heavy atom. The third-order valence-electron chi connectivity index (χ3n) is 0.756. The summed E-state index contributed by atoms with van der Waals surface area (Å²) in [7, 11) is 0. The first kappa shape index (κ1) is 11.4. The fraction of sp³-hybridized carbons (Fsp3) is 0. The molecule has 1 aromatic rings. The molecule has 1 N–H and O–H groups in total. The van der Waals surface area contributed by atoms with Crippen LogP contribution in [-0.2, 0) is 0 Å². The third kappa shape index (κ3) is 4.13. The van der Waals surface area contributed by atoms with Crippen molar-refractivity contribution in [3.8, 4) is 5.75 Å². The van der Waals surface area contributed by atoms with Gasteiger partial charge in [-0.15, -0.1) is 12.4 Å². The normalized spacial score (nSPS) is 6.67. The number of benzene rings is 1. The lowest BCUT2D eigenvalue weighted by atomic mass is 10.3.